The molecule has 2 heterocycles. The summed E-state index contributed by atoms with van der Waals surface area (Å²) in [6.07, 6.45) is 5.59. The summed E-state index contributed by atoms with van der Waals surface area (Å²) in [6.45, 7) is 0.0400. The van der Waals surface area contributed by atoms with Crippen LogP contribution < -0.4 is 5.73 Å². The highest BCUT2D eigenvalue weighted by Gasteiger charge is 2.31. The van der Waals surface area contributed by atoms with E-state index in [1.54, 1.807) is 24.6 Å². The average Bonchev–Trinajstić information content (AvgIpc) is 2.59. The van der Waals surface area contributed by atoms with Crippen LogP contribution in [0.3, 0.4) is 0 Å². The lowest BCUT2D eigenvalue weighted by molar-refractivity contribution is -0.143. The van der Waals surface area contributed by atoms with E-state index in [9.17, 15) is 14.4 Å². The minimum absolute atomic E-state index is 0.317. The fraction of sp³-hybridized carbons (Fsp3) is 0.467. The van der Waals surface area contributed by atoms with E-state index in [4.69, 9.17) is 10.5 Å². The second-order valence-electron chi connectivity index (χ2n) is 5.14. The number of pyridine rings is 1. The van der Waals surface area contributed by atoms with E-state index < -0.39 is 30.4 Å². The summed E-state index contributed by atoms with van der Waals surface area (Å²) in [5, 5.41) is 0.540. The highest BCUT2D eigenvalue weighted by molar-refractivity contribution is 7.98. The number of esters is 1. The standard InChI is InChI=1S/C15H19N3O4S/c1-23-14-10(5-4-7-17-14)15(21)22-9-12(19)18-8-3-2-6-11(18)13(16)20/h4-5,7,11H,2-3,6,8-9H2,1H3,(H2,16,20)/t11-/m1/s1. The molecule has 2 N–H and O–H groups in total. The Hall–Kier alpha value is -2.09. The number of rotatable bonds is 5. The number of nitrogens with zero attached hydrogens (tertiary/aromatic N) is 2. The number of piperidine rings is 1. The Morgan fingerprint density at radius 3 is 2.91 bits per heavy atom. The van der Waals surface area contributed by atoms with Crippen LogP contribution in [0.25, 0.3) is 0 Å². The molecule has 1 aromatic heterocycles. The fourth-order valence-electron chi connectivity index (χ4n) is 2.52. The second-order valence-corrected chi connectivity index (χ2v) is 5.93. The summed E-state index contributed by atoms with van der Waals surface area (Å²) in [6, 6.07) is 2.61. The maximum atomic E-state index is 12.2. The van der Waals surface area contributed by atoms with Crippen molar-refractivity contribution < 1.29 is 19.1 Å². The first kappa shape index (κ1) is 17.3. The van der Waals surface area contributed by atoms with Gasteiger partial charge in [-0.1, -0.05) is 0 Å². The zero-order chi connectivity index (χ0) is 16.8. The molecule has 0 spiro atoms. The molecule has 2 amide bonds. The normalized spacial score (nSPS) is 17.6. The van der Waals surface area contributed by atoms with Crippen LogP contribution >= 0.6 is 11.8 Å². The van der Waals surface area contributed by atoms with Gasteiger partial charge >= 0.3 is 5.97 Å². The topological polar surface area (TPSA) is 103 Å². The van der Waals surface area contributed by atoms with Crippen molar-refractivity contribution >= 4 is 29.5 Å². The molecule has 0 saturated carbocycles. The maximum absolute atomic E-state index is 12.2. The molecule has 1 aliphatic rings. The first-order valence-corrected chi connectivity index (χ1v) is 8.52. The SMILES string of the molecule is CSc1ncccc1C(=O)OCC(=O)N1CCCC[C@@H]1C(N)=O. The van der Waals surface area contributed by atoms with Crippen LogP contribution in [0.2, 0.25) is 0 Å². The zero-order valence-electron chi connectivity index (χ0n) is 12.9. The van der Waals surface area contributed by atoms with Crippen LogP contribution in [0.1, 0.15) is 29.6 Å². The van der Waals surface area contributed by atoms with Crippen molar-refractivity contribution in [3.8, 4) is 0 Å². The number of aromatic nitrogens is 1. The number of likely N-dealkylation sites (tertiary alicyclic amines) is 1. The van der Waals surface area contributed by atoms with E-state index >= 15 is 0 Å². The minimum atomic E-state index is -0.616. The second kappa shape index (κ2) is 7.96. The highest BCUT2D eigenvalue weighted by atomic mass is 32.2. The van der Waals surface area contributed by atoms with Gasteiger partial charge in [0, 0.05) is 12.7 Å². The lowest BCUT2D eigenvalue weighted by Gasteiger charge is -2.33. The highest BCUT2D eigenvalue weighted by Crippen LogP contribution is 2.19. The van der Waals surface area contributed by atoms with Gasteiger partial charge in [0.2, 0.25) is 5.91 Å². The van der Waals surface area contributed by atoms with Crippen molar-refractivity contribution in [3.05, 3.63) is 23.9 Å². The molecule has 0 unspecified atom stereocenters. The number of thioether (sulfide) groups is 1. The van der Waals surface area contributed by atoms with Crippen molar-refractivity contribution in [3.63, 3.8) is 0 Å². The number of carbonyl (C=O) groups is 3. The molecule has 0 radical (unpaired) electrons. The van der Waals surface area contributed by atoms with Crippen LogP contribution in [-0.2, 0) is 14.3 Å². The van der Waals surface area contributed by atoms with Crippen LogP contribution in [0.5, 0.6) is 0 Å². The molecule has 8 heteroatoms. The smallest absolute Gasteiger partial charge is 0.341 e. The molecular weight excluding hydrogens is 318 g/mol. The summed E-state index contributed by atoms with van der Waals surface area (Å²) in [5.74, 6) is -1.54. The molecule has 124 valence electrons. The quantitative estimate of drug-likeness (QED) is 0.630. The number of primary amides is 1. The first-order valence-electron chi connectivity index (χ1n) is 7.29. The Morgan fingerprint density at radius 2 is 2.22 bits per heavy atom. The first-order chi connectivity index (χ1) is 11.0. The third kappa shape index (κ3) is 4.22. The summed E-state index contributed by atoms with van der Waals surface area (Å²) < 4.78 is 5.08. The molecule has 1 aliphatic heterocycles. The predicted octanol–water partition coefficient (Wildman–Crippen LogP) is 0.827. The van der Waals surface area contributed by atoms with Gasteiger partial charge in [-0.25, -0.2) is 9.78 Å². The van der Waals surface area contributed by atoms with Gasteiger partial charge in [0.25, 0.3) is 5.91 Å². The summed E-state index contributed by atoms with van der Waals surface area (Å²) in [4.78, 5) is 41.2. The Labute approximate surface area is 138 Å². The van der Waals surface area contributed by atoms with Gasteiger partial charge in [-0.2, -0.15) is 0 Å². The summed E-state index contributed by atoms with van der Waals surface area (Å²) in [7, 11) is 0. The van der Waals surface area contributed by atoms with Gasteiger partial charge < -0.3 is 15.4 Å². The molecular formula is C15H19N3O4S. The van der Waals surface area contributed by atoms with Crippen LogP contribution in [0.15, 0.2) is 23.4 Å². The molecule has 1 saturated heterocycles. The van der Waals surface area contributed by atoms with Gasteiger partial charge in [-0.15, -0.1) is 11.8 Å². The summed E-state index contributed by atoms with van der Waals surface area (Å²) >= 11 is 1.32. The van der Waals surface area contributed by atoms with Crippen LogP contribution in [0, 0.1) is 0 Å². The lowest BCUT2D eigenvalue weighted by atomic mass is 10.0. The molecule has 1 fully saturated rings. The van der Waals surface area contributed by atoms with Gasteiger partial charge in [-0.05, 0) is 37.7 Å². The Bertz CT molecular complexity index is 608. The predicted molar refractivity (Wildman–Crippen MR) is 84.8 cm³/mol. The summed E-state index contributed by atoms with van der Waals surface area (Å²) in [5.41, 5.74) is 5.65. The molecule has 0 bridgehead atoms. The number of nitrogens with two attached hydrogens (primary N) is 1. The Kier molecular flexibility index (Phi) is 5.97. The van der Waals surface area contributed by atoms with Gasteiger partial charge in [0.1, 0.15) is 11.1 Å². The van der Waals surface area contributed by atoms with Gasteiger partial charge in [-0.3, -0.25) is 9.59 Å². The number of carbonyl (C=O) groups excluding carboxylic acids is 3. The largest absolute Gasteiger partial charge is 0.452 e. The van der Waals surface area contributed by atoms with Crippen molar-refractivity contribution in [2.45, 2.75) is 30.3 Å². The van der Waals surface area contributed by atoms with Crippen molar-refractivity contribution in [1.29, 1.82) is 0 Å². The van der Waals surface area contributed by atoms with Crippen LogP contribution in [0.4, 0.5) is 0 Å². The number of ether oxygens (including phenoxy) is 1. The van der Waals surface area contributed by atoms with E-state index in [2.05, 4.69) is 4.98 Å². The van der Waals surface area contributed by atoms with E-state index in [1.165, 1.54) is 16.7 Å². The molecule has 7 nitrogen and oxygen atoms in total. The molecule has 23 heavy (non-hydrogen) atoms. The van der Waals surface area contributed by atoms with Crippen LogP contribution in [-0.4, -0.2) is 53.1 Å². The van der Waals surface area contributed by atoms with E-state index in [0.29, 0.717) is 23.6 Å². The van der Waals surface area contributed by atoms with Crippen molar-refractivity contribution in [2.75, 3.05) is 19.4 Å². The number of hydrogen-bond acceptors (Lipinski definition) is 6. The zero-order valence-corrected chi connectivity index (χ0v) is 13.7. The molecule has 1 atom stereocenters. The third-order valence-corrected chi connectivity index (χ3v) is 4.37. The van der Waals surface area contributed by atoms with E-state index in [-0.39, 0.29) is 0 Å². The number of amides is 2. The Morgan fingerprint density at radius 1 is 1.43 bits per heavy atom. The maximum Gasteiger partial charge on any atom is 0.341 e. The van der Waals surface area contributed by atoms with E-state index in [0.717, 1.165) is 12.8 Å². The molecule has 1 aromatic rings. The van der Waals surface area contributed by atoms with Crippen molar-refractivity contribution in [2.24, 2.45) is 5.73 Å². The van der Waals surface area contributed by atoms with E-state index in [1.807, 2.05) is 0 Å². The Balaban J connectivity index is 1.98. The van der Waals surface area contributed by atoms with Crippen molar-refractivity contribution in [1.82, 2.24) is 9.88 Å². The van der Waals surface area contributed by atoms with Gasteiger partial charge in [0.05, 0.1) is 5.56 Å². The minimum Gasteiger partial charge on any atom is -0.452 e. The molecule has 0 aromatic carbocycles. The lowest BCUT2D eigenvalue weighted by Crippen LogP contribution is -2.51. The third-order valence-electron chi connectivity index (χ3n) is 3.66. The van der Waals surface area contributed by atoms with Gasteiger partial charge in [0.15, 0.2) is 6.61 Å². The number of hydrogen-bond donors (Lipinski definition) is 1. The average molecular weight is 337 g/mol. The monoisotopic (exact) mass is 337 g/mol. The molecule has 0 aliphatic carbocycles. The fourth-order valence-corrected chi connectivity index (χ4v) is 3.06. The molecule has 2 rings (SSSR count).